The molecule has 0 radical (unpaired) electrons. The van der Waals surface area contributed by atoms with Gasteiger partial charge in [0.1, 0.15) is 12.2 Å². The lowest BCUT2D eigenvalue weighted by Gasteiger charge is -2.34. The van der Waals surface area contributed by atoms with Crippen LogP contribution in [-0.2, 0) is 6.54 Å². The van der Waals surface area contributed by atoms with E-state index in [0.29, 0.717) is 11.9 Å². The number of aromatic amines is 1. The predicted octanol–water partition coefficient (Wildman–Crippen LogP) is 1.94. The third kappa shape index (κ3) is 2.65. The second-order valence-corrected chi connectivity index (χ2v) is 5.02. The number of piperidine rings is 1. The lowest BCUT2D eigenvalue weighted by atomic mass is 10.0. The lowest BCUT2D eigenvalue weighted by Crippen LogP contribution is -2.33. The van der Waals surface area contributed by atoms with E-state index in [-0.39, 0.29) is 0 Å². The molecule has 1 saturated heterocycles. The average Bonchev–Trinajstić information content (AvgIpc) is 3.02. The molecule has 106 valence electrons. The van der Waals surface area contributed by atoms with Gasteiger partial charge in [0.25, 0.3) is 0 Å². The van der Waals surface area contributed by atoms with Crippen molar-refractivity contribution in [2.75, 3.05) is 13.7 Å². The van der Waals surface area contributed by atoms with Crippen molar-refractivity contribution in [2.24, 2.45) is 0 Å². The van der Waals surface area contributed by atoms with Gasteiger partial charge in [0.15, 0.2) is 0 Å². The number of ether oxygens (including phenoxy) is 1. The number of likely N-dealkylation sites (tertiary alicyclic amines) is 1. The van der Waals surface area contributed by atoms with E-state index in [2.05, 4.69) is 31.1 Å². The van der Waals surface area contributed by atoms with E-state index < -0.39 is 0 Å². The number of H-pyrrole nitrogens is 1. The van der Waals surface area contributed by atoms with Crippen LogP contribution in [0, 0.1) is 0 Å². The minimum absolute atomic E-state index is 0.302. The molecule has 1 fully saturated rings. The fourth-order valence-corrected chi connectivity index (χ4v) is 2.81. The Kier molecular flexibility index (Phi) is 3.92. The summed E-state index contributed by atoms with van der Waals surface area (Å²) in [4.78, 5) is 11.0. The Hall–Kier alpha value is -1.95. The fraction of sp³-hybridized carbons (Fsp3) is 0.500. The number of methoxy groups -OCH3 is 1. The van der Waals surface area contributed by atoms with Gasteiger partial charge in [-0.15, -0.1) is 0 Å². The van der Waals surface area contributed by atoms with Crippen molar-refractivity contribution in [2.45, 2.75) is 31.8 Å². The molecule has 3 heterocycles. The Balaban J connectivity index is 1.80. The van der Waals surface area contributed by atoms with Crippen molar-refractivity contribution in [1.29, 1.82) is 0 Å². The van der Waals surface area contributed by atoms with E-state index in [1.807, 2.05) is 6.07 Å². The van der Waals surface area contributed by atoms with Crippen LogP contribution < -0.4 is 4.74 Å². The van der Waals surface area contributed by atoms with Crippen LogP contribution in [0.4, 0.5) is 0 Å². The molecule has 0 amide bonds. The Morgan fingerprint density at radius 2 is 2.35 bits per heavy atom. The van der Waals surface area contributed by atoms with Gasteiger partial charge in [0.05, 0.1) is 13.2 Å². The highest BCUT2D eigenvalue weighted by Gasteiger charge is 2.26. The quantitative estimate of drug-likeness (QED) is 0.922. The molecule has 1 atom stereocenters. The average molecular weight is 273 g/mol. The topological polar surface area (TPSA) is 66.9 Å². The predicted molar refractivity (Wildman–Crippen MR) is 74.2 cm³/mol. The van der Waals surface area contributed by atoms with Gasteiger partial charge in [-0.2, -0.15) is 5.10 Å². The third-order valence-corrected chi connectivity index (χ3v) is 3.78. The summed E-state index contributed by atoms with van der Waals surface area (Å²) in [6, 6.07) is 4.32. The van der Waals surface area contributed by atoms with Gasteiger partial charge in [-0.1, -0.05) is 12.5 Å². The summed E-state index contributed by atoms with van der Waals surface area (Å²) in [5, 5.41) is 6.97. The van der Waals surface area contributed by atoms with Crippen LogP contribution in [0.1, 0.15) is 36.7 Å². The minimum Gasteiger partial charge on any atom is -0.481 e. The smallest absolute Gasteiger partial charge is 0.217 e. The number of pyridine rings is 1. The molecule has 0 spiro atoms. The maximum Gasteiger partial charge on any atom is 0.217 e. The van der Waals surface area contributed by atoms with Gasteiger partial charge in [0.2, 0.25) is 5.88 Å². The first kappa shape index (κ1) is 13.1. The van der Waals surface area contributed by atoms with Crippen molar-refractivity contribution >= 4 is 0 Å². The number of aromatic nitrogens is 4. The summed E-state index contributed by atoms with van der Waals surface area (Å²) in [6.45, 7) is 1.88. The monoisotopic (exact) mass is 273 g/mol. The summed E-state index contributed by atoms with van der Waals surface area (Å²) in [5.41, 5.74) is 1.11. The van der Waals surface area contributed by atoms with Crippen LogP contribution >= 0.6 is 0 Å². The van der Waals surface area contributed by atoms with Crippen LogP contribution in [0.5, 0.6) is 5.88 Å². The number of nitrogens with zero attached hydrogens (tertiary/aromatic N) is 4. The molecule has 20 heavy (non-hydrogen) atoms. The fourth-order valence-electron chi connectivity index (χ4n) is 2.81. The van der Waals surface area contributed by atoms with Gasteiger partial charge < -0.3 is 4.74 Å². The second kappa shape index (κ2) is 6.00. The maximum absolute atomic E-state index is 5.34. The van der Waals surface area contributed by atoms with Crippen LogP contribution in [0.15, 0.2) is 24.7 Å². The Bertz CT molecular complexity index is 542. The minimum atomic E-state index is 0.302. The lowest BCUT2D eigenvalue weighted by molar-refractivity contribution is 0.132. The van der Waals surface area contributed by atoms with E-state index in [4.69, 9.17) is 4.74 Å². The van der Waals surface area contributed by atoms with Gasteiger partial charge in [-0.05, 0) is 25.5 Å². The first-order chi connectivity index (χ1) is 9.88. The van der Waals surface area contributed by atoms with Crippen molar-refractivity contribution in [3.05, 3.63) is 36.0 Å². The zero-order valence-electron chi connectivity index (χ0n) is 11.6. The van der Waals surface area contributed by atoms with Crippen LogP contribution in [-0.4, -0.2) is 38.7 Å². The molecule has 0 aliphatic carbocycles. The highest BCUT2D eigenvalue weighted by molar-refractivity contribution is 5.25. The maximum atomic E-state index is 5.34. The highest BCUT2D eigenvalue weighted by atomic mass is 16.5. The molecule has 6 heteroatoms. The highest BCUT2D eigenvalue weighted by Crippen LogP contribution is 2.31. The van der Waals surface area contributed by atoms with E-state index in [1.165, 1.54) is 12.8 Å². The molecule has 2 aromatic rings. The second-order valence-electron chi connectivity index (χ2n) is 5.02. The van der Waals surface area contributed by atoms with Crippen molar-refractivity contribution in [3.63, 3.8) is 0 Å². The van der Waals surface area contributed by atoms with E-state index in [1.54, 1.807) is 19.6 Å². The summed E-state index contributed by atoms with van der Waals surface area (Å²) in [7, 11) is 1.66. The van der Waals surface area contributed by atoms with Crippen molar-refractivity contribution < 1.29 is 4.74 Å². The standard InChI is InChI=1S/C14H19N5O/c1-20-14-11(5-4-7-15-14)9-19-8-3-2-6-12(19)13-16-10-17-18-13/h4-5,7,10,12H,2-3,6,8-9H2,1H3,(H,16,17,18). The van der Waals surface area contributed by atoms with E-state index in [9.17, 15) is 0 Å². The van der Waals surface area contributed by atoms with E-state index in [0.717, 1.165) is 30.9 Å². The molecule has 0 aromatic carbocycles. The molecule has 0 saturated carbocycles. The number of rotatable bonds is 4. The van der Waals surface area contributed by atoms with Gasteiger partial charge in [-0.25, -0.2) is 9.97 Å². The first-order valence-corrected chi connectivity index (χ1v) is 6.95. The number of hydrogen-bond acceptors (Lipinski definition) is 5. The molecule has 1 N–H and O–H groups in total. The Morgan fingerprint density at radius 1 is 1.40 bits per heavy atom. The Labute approximate surface area is 118 Å². The van der Waals surface area contributed by atoms with E-state index >= 15 is 0 Å². The zero-order valence-corrected chi connectivity index (χ0v) is 11.6. The summed E-state index contributed by atoms with van der Waals surface area (Å²) in [5.74, 6) is 1.65. The van der Waals surface area contributed by atoms with Crippen LogP contribution in [0.3, 0.4) is 0 Å². The number of nitrogens with one attached hydrogen (secondary N) is 1. The zero-order chi connectivity index (χ0) is 13.8. The van der Waals surface area contributed by atoms with Gasteiger partial charge in [-0.3, -0.25) is 10.00 Å². The van der Waals surface area contributed by atoms with Gasteiger partial charge >= 0.3 is 0 Å². The molecular formula is C14H19N5O. The Morgan fingerprint density at radius 3 is 3.15 bits per heavy atom. The van der Waals surface area contributed by atoms with Crippen LogP contribution in [0.2, 0.25) is 0 Å². The summed E-state index contributed by atoms with van der Waals surface area (Å²) in [6.07, 6.45) is 6.89. The van der Waals surface area contributed by atoms with Crippen molar-refractivity contribution in [3.8, 4) is 5.88 Å². The molecule has 1 aliphatic rings. The molecule has 3 rings (SSSR count). The third-order valence-electron chi connectivity index (χ3n) is 3.78. The molecule has 2 aromatic heterocycles. The molecular weight excluding hydrogens is 254 g/mol. The number of hydrogen-bond donors (Lipinski definition) is 1. The van der Waals surface area contributed by atoms with Gasteiger partial charge in [0, 0.05) is 18.3 Å². The largest absolute Gasteiger partial charge is 0.481 e. The summed E-state index contributed by atoms with van der Waals surface area (Å²) >= 11 is 0. The molecule has 1 unspecified atom stereocenters. The molecule has 0 bridgehead atoms. The normalized spacial score (nSPS) is 19.9. The molecule has 1 aliphatic heterocycles. The van der Waals surface area contributed by atoms with Crippen molar-refractivity contribution in [1.82, 2.24) is 25.1 Å². The first-order valence-electron chi connectivity index (χ1n) is 6.95. The summed E-state index contributed by atoms with van der Waals surface area (Å²) < 4.78 is 5.34. The van der Waals surface area contributed by atoms with Crippen LogP contribution in [0.25, 0.3) is 0 Å². The SMILES string of the molecule is COc1ncccc1CN1CCCCC1c1ncn[nH]1. The molecule has 6 nitrogen and oxygen atoms in total.